The molecule has 2 unspecified atom stereocenters. The number of halogens is 1. The highest BCUT2D eigenvalue weighted by molar-refractivity contribution is 7.85. The molecule has 0 aliphatic rings. The third-order valence-corrected chi connectivity index (χ3v) is 3.46. The lowest BCUT2D eigenvalue weighted by Gasteiger charge is -2.07. The van der Waals surface area contributed by atoms with Crippen LogP contribution in [0, 0.1) is 5.82 Å². The molecule has 1 rings (SSSR count). The zero-order valence-electron chi connectivity index (χ0n) is 8.07. The van der Waals surface area contributed by atoms with Crippen LogP contribution in [0.15, 0.2) is 29.2 Å². The summed E-state index contributed by atoms with van der Waals surface area (Å²) in [5.41, 5.74) is 5.66. The molecule has 78 valence electrons. The quantitative estimate of drug-likeness (QED) is 0.830. The van der Waals surface area contributed by atoms with E-state index in [1.807, 2.05) is 6.92 Å². The van der Waals surface area contributed by atoms with Crippen molar-refractivity contribution in [3.8, 4) is 0 Å². The first-order valence-corrected chi connectivity index (χ1v) is 5.85. The second-order valence-corrected chi connectivity index (χ2v) is 4.63. The fraction of sp³-hybridized carbons (Fsp3) is 0.400. The van der Waals surface area contributed by atoms with Crippen LogP contribution in [0.4, 0.5) is 4.39 Å². The van der Waals surface area contributed by atoms with E-state index in [4.69, 9.17) is 5.73 Å². The molecule has 0 heterocycles. The topological polar surface area (TPSA) is 43.1 Å². The molecule has 1 aromatic rings. The lowest BCUT2D eigenvalue weighted by molar-refractivity contribution is 0.621. The van der Waals surface area contributed by atoms with Gasteiger partial charge in [-0.1, -0.05) is 13.0 Å². The van der Waals surface area contributed by atoms with Crippen LogP contribution in [-0.4, -0.2) is 16.0 Å². The molecule has 0 fully saturated rings. The summed E-state index contributed by atoms with van der Waals surface area (Å²) in [6, 6.07) is 5.75. The van der Waals surface area contributed by atoms with Crippen molar-refractivity contribution < 1.29 is 8.60 Å². The smallest absolute Gasteiger partial charge is 0.124 e. The minimum absolute atomic E-state index is 0.0842. The highest BCUT2D eigenvalue weighted by Crippen LogP contribution is 2.09. The maximum Gasteiger partial charge on any atom is 0.124 e. The Balaban J connectivity index is 2.70. The fourth-order valence-corrected chi connectivity index (χ4v) is 2.31. The van der Waals surface area contributed by atoms with Crippen LogP contribution in [0.25, 0.3) is 0 Å². The van der Waals surface area contributed by atoms with Crippen LogP contribution in [-0.2, 0) is 10.8 Å². The Hall–Kier alpha value is -0.740. The Bertz CT molecular complexity index is 330. The first-order valence-electron chi connectivity index (χ1n) is 4.53. The molecule has 4 heteroatoms. The summed E-state index contributed by atoms with van der Waals surface area (Å²) in [6.07, 6.45) is 0.779. The van der Waals surface area contributed by atoms with E-state index in [1.165, 1.54) is 12.1 Å². The highest BCUT2D eigenvalue weighted by atomic mass is 32.2. The van der Waals surface area contributed by atoms with Crippen molar-refractivity contribution in [1.82, 2.24) is 0 Å². The predicted octanol–water partition coefficient (Wildman–Crippen LogP) is 1.67. The highest BCUT2D eigenvalue weighted by Gasteiger charge is 2.08. The summed E-state index contributed by atoms with van der Waals surface area (Å²) in [4.78, 5) is 0.508. The zero-order chi connectivity index (χ0) is 10.6. The van der Waals surface area contributed by atoms with E-state index >= 15 is 0 Å². The molecule has 0 amide bonds. The molecule has 0 saturated heterocycles. The van der Waals surface area contributed by atoms with Crippen molar-refractivity contribution in [3.05, 3.63) is 30.1 Å². The van der Waals surface area contributed by atoms with Crippen LogP contribution in [0.1, 0.15) is 13.3 Å². The number of hydrogen-bond donors (Lipinski definition) is 1. The van der Waals surface area contributed by atoms with Gasteiger partial charge in [0.05, 0.1) is 10.8 Å². The Kier molecular flexibility index (Phi) is 4.22. The van der Waals surface area contributed by atoms with Gasteiger partial charge in [-0.2, -0.15) is 0 Å². The number of rotatable bonds is 4. The monoisotopic (exact) mass is 215 g/mol. The molecule has 0 aliphatic carbocycles. The van der Waals surface area contributed by atoms with Gasteiger partial charge in [0.25, 0.3) is 0 Å². The van der Waals surface area contributed by atoms with E-state index in [2.05, 4.69) is 0 Å². The summed E-state index contributed by atoms with van der Waals surface area (Å²) < 4.78 is 24.4. The van der Waals surface area contributed by atoms with Crippen LogP contribution in [0.3, 0.4) is 0 Å². The van der Waals surface area contributed by atoms with Crippen LogP contribution < -0.4 is 5.73 Å². The van der Waals surface area contributed by atoms with E-state index in [1.54, 1.807) is 12.1 Å². The predicted molar refractivity (Wildman–Crippen MR) is 55.9 cm³/mol. The lowest BCUT2D eigenvalue weighted by Crippen LogP contribution is -2.26. The maximum absolute atomic E-state index is 12.8. The normalized spacial score (nSPS) is 15.1. The van der Waals surface area contributed by atoms with Crippen molar-refractivity contribution in [3.63, 3.8) is 0 Å². The molecule has 2 atom stereocenters. The van der Waals surface area contributed by atoms with Crippen molar-refractivity contribution >= 4 is 10.8 Å². The van der Waals surface area contributed by atoms with E-state index in [-0.39, 0.29) is 11.9 Å². The molecule has 0 aromatic heterocycles. The van der Waals surface area contributed by atoms with Gasteiger partial charge < -0.3 is 5.73 Å². The van der Waals surface area contributed by atoms with Gasteiger partial charge in [0, 0.05) is 16.7 Å². The van der Waals surface area contributed by atoms with E-state index < -0.39 is 10.8 Å². The van der Waals surface area contributed by atoms with Crippen molar-refractivity contribution in [2.24, 2.45) is 5.73 Å². The number of nitrogens with two attached hydrogens (primary N) is 1. The number of benzene rings is 1. The molecular weight excluding hydrogens is 201 g/mol. The van der Waals surface area contributed by atoms with Crippen molar-refractivity contribution in [1.29, 1.82) is 0 Å². The standard InChI is InChI=1S/C10H14FNOS/c1-2-9(12)7-14(13)10-5-3-4-8(11)6-10/h3-6,9H,2,7,12H2,1H3. The minimum Gasteiger partial charge on any atom is -0.327 e. The van der Waals surface area contributed by atoms with Crippen molar-refractivity contribution in [2.75, 3.05) is 5.75 Å². The average Bonchev–Trinajstić information content (AvgIpc) is 2.17. The van der Waals surface area contributed by atoms with E-state index in [9.17, 15) is 8.60 Å². The van der Waals surface area contributed by atoms with Gasteiger partial charge in [0.15, 0.2) is 0 Å². The Morgan fingerprint density at radius 2 is 2.29 bits per heavy atom. The lowest BCUT2D eigenvalue weighted by atomic mass is 10.3. The van der Waals surface area contributed by atoms with Gasteiger partial charge in [-0.25, -0.2) is 4.39 Å². The molecule has 0 bridgehead atoms. The summed E-state index contributed by atoms with van der Waals surface area (Å²) in [5, 5.41) is 0. The van der Waals surface area contributed by atoms with Gasteiger partial charge >= 0.3 is 0 Å². The Morgan fingerprint density at radius 1 is 1.57 bits per heavy atom. The van der Waals surface area contributed by atoms with Gasteiger partial charge in [-0.05, 0) is 24.6 Å². The molecular formula is C10H14FNOS. The second-order valence-electron chi connectivity index (χ2n) is 3.14. The summed E-state index contributed by atoms with van der Waals surface area (Å²) in [5.74, 6) is 0.0286. The SMILES string of the molecule is CCC(N)CS(=O)c1cccc(F)c1. The van der Waals surface area contributed by atoms with Gasteiger partial charge in [-0.3, -0.25) is 4.21 Å². The van der Waals surface area contributed by atoms with Crippen molar-refractivity contribution in [2.45, 2.75) is 24.3 Å². The second kappa shape index (κ2) is 5.22. The maximum atomic E-state index is 12.8. The molecule has 0 saturated carbocycles. The van der Waals surface area contributed by atoms with Crippen LogP contribution in [0.2, 0.25) is 0 Å². The minimum atomic E-state index is -1.19. The van der Waals surface area contributed by atoms with Gasteiger partial charge in [-0.15, -0.1) is 0 Å². The molecule has 1 aromatic carbocycles. The molecule has 2 nitrogen and oxygen atoms in total. The summed E-state index contributed by atoms with van der Waals surface area (Å²) in [7, 11) is -1.19. The number of hydrogen-bond acceptors (Lipinski definition) is 2. The van der Waals surface area contributed by atoms with E-state index in [0.29, 0.717) is 10.6 Å². The Labute approximate surface area is 85.8 Å². The third kappa shape index (κ3) is 3.20. The van der Waals surface area contributed by atoms with E-state index in [0.717, 1.165) is 6.42 Å². The average molecular weight is 215 g/mol. The largest absolute Gasteiger partial charge is 0.327 e. The Morgan fingerprint density at radius 3 is 2.86 bits per heavy atom. The molecule has 0 aliphatic heterocycles. The molecule has 2 N–H and O–H groups in total. The van der Waals surface area contributed by atoms with Gasteiger partial charge in [0.2, 0.25) is 0 Å². The van der Waals surface area contributed by atoms with Gasteiger partial charge in [0.1, 0.15) is 5.82 Å². The first-order chi connectivity index (χ1) is 6.63. The molecule has 14 heavy (non-hydrogen) atoms. The summed E-state index contributed by atoms with van der Waals surface area (Å²) in [6.45, 7) is 1.94. The molecule has 0 radical (unpaired) electrons. The first kappa shape index (κ1) is 11.3. The zero-order valence-corrected chi connectivity index (χ0v) is 8.89. The van der Waals surface area contributed by atoms with Crippen LogP contribution >= 0.6 is 0 Å². The van der Waals surface area contributed by atoms with Crippen LogP contribution in [0.5, 0.6) is 0 Å². The molecule has 0 spiro atoms. The fourth-order valence-electron chi connectivity index (χ4n) is 1.02. The third-order valence-electron chi connectivity index (χ3n) is 1.95. The summed E-state index contributed by atoms with van der Waals surface area (Å²) >= 11 is 0.